The summed E-state index contributed by atoms with van der Waals surface area (Å²) in [4.78, 5) is 26.6. The summed E-state index contributed by atoms with van der Waals surface area (Å²) in [5.74, 6) is 1.22. The summed E-state index contributed by atoms with van der Waals surface area (Å²) in [6, 6.07) is 17.0. The Bertz CT molecular complexity index is 1500. The molecule has 3 aromatic carbocycles. The van der Waals surface area contributed by atoms with Crippen LogP contribution in [0.25, 0.3) is 34.2 Å². The van der Waals surface area contributed by atoms with Gasteiger partial charge in [0, 0.05) is 16.7 Å². The first-order valence-electron chi connectivity index (χ1n) is 15.3. The lowest BCUT2D eigenvalue weighted by molar-refractivity contribution is -0.138. The van der Waals surface area contributed by atoms with Crippen LogP contribution in [-0.4, -0.2) is 38.7 Å². The highest BCUT2D eigenvalue weighted by atomic mass is 16.5. The van der Waals surface area contributed by atoms with Gasteiger partial charge < -0.3 is 15.6 Å². The minimum absolute atomic E-state index is 0.113. The molecule has 7 nitrogen and oxygen atoms in total. The van der Waals surface area contributed by atoms with E-state index in [2.05, 4.69) is 58.9 Å². The number of aromatic nitrogens is 3. The third kappa shape index (κ3) is 8.48. The summed E-state index contributed by atoms with van der Waals surface area (Å²) in [6.07, 6.45) is 7.17. The summed E-state index contributed by atoms with van der Waals surface area (Å²) < 4.78 is 6.08. The monoisotopic (exact) mass is 580 g/mol. The van der Waals surface area contributed by atoms with Crippen LogP contribution in [0.15, 0.2) is 54.6 Å². The summed E-state index contributed by atoms with van der Waals surface area (Å²) in [7, 11) is 0. The van der Waals surface area contributed by atoms with Gasteiger partial charge in [0.1, 0.15) is 11.8 Å². The molecule has 0 saturated carbocycles. The number of hydrogen-bond acceptors (Lipinski definition) is 6. The third-order valence-electron chi connectivity index (χ3n) is 7.72. The molecule has 0 aliphatic carbocycles. The quantitative estimate of drug-likeness (QED) is 0.146. The van der Waals surface area contributed by atoms with Gasteiger partial charge in [-0.3, -0.25) is 4.79 Å². The third-order valence-corrected chi connectivity index (χ3v) is 7.72. The van der Waals surface area contributed by atoms with E-state index in [-0.39, 0.29) is 6.42 Å². The summed E-state index contributed by atoms with van der Waals surface area (Å²) in [6.45, 7) is 11.0. The fourth-order valence-electron chi connectivity index (χ4n) is 5.31. The molecule has 1 aromatic heterocycles. The number of nitrogens with two attached hydrogens (primary N) is 1. The second-order valence-electron chi connectivity index (χ2n) is 11.5. The standard InChI is InChI=1S/C36H44N4O3/c1-6-7-8-9-10-11-18-43-28-14-17-31(27(21-28)22-32(37)36(41)42)35-39-33(29-15-12-23(2)19-25(29)4)38-34(40-35)30-16-13-24(3)20-26(30)5/h12-17,19-21,32H,6-11,18,22,37H2,1-5H3,(H,41,42)/t32-/m0/s1. The van der Waals surface area contributed by atoms with Crippen molar-refractivity contribution < 1.29 is 14.6 Å². The SMILES string of the molecule is CCCCCCCCOc1ccc(-c2nc(-c3ccc(C)cc3C)nc(-c3ccc(C)cc3C)n2)c(C[C@H](N)C(=O)O)c1. The number of nitrogens with zero attached hydrogens (tertiary/aromatic N) is 3. The molecule has 0 fully saturated rings. The molecule has 43 heavy (non-hydrogen) atoms. The minimum atomic E-state index is -1.08. The van der Waals surface area contributed by atoms with E-state index < -0.39 is 12.0 Å². The number of benzene rings is 3. The normalized spacial score (nSPS) is 11.9. The van der Waals surface area contributed by atoms with Crippen molar-refractivity contribution in [3.63, 3.8) is 0 Å². The largest absolute Gasteiger partial charge is 0.494 e. The van der Waals surface area contributed by atoms with Crippen molar-refractivity contribution >= 4 is 5.97 Å². The van der Waals surface area contributed by atoms with Gasteiger partial charge in [-0.15, -0.1) is 0 Å². The highest BCUT2D eigenvalue weighted by molar-refractivity contribution is 5.75. The number of carbonyl (C=O) groups is 1. The number of carboxylic acid groups (broad SMARTS) is 1. The summed E-state index contributed by atoms with van der Waals surface area (Å²) in [5.41, 5.74) is 13.8. The zero-order valence-electron chi connectivity index (χ0n) is 26.1. The number of carboxylic acids is 1. The molecule has 1 atom stereocenters. The maximum absolute atomic E-state index is 11.8. The van der Waals surface area contributed by atoms with E-state index in [4.69, 9.17) is 25.4 Å². The van der Waals surface area contributed by atoms with Crippen molar-refractivity contribution in [3.05, 3.63) is 82.4 Å². The number of unbranched alkanes of at least 4 members (excludes halogenated alkanes) is 5. The van der Waals surface area contributed by atoms with E-state index in [1.807, 2.05) is 30.3 Å². The molecule has 3 N–H and O–H groups in total. The molecule has 4 rings (SSSR count). The van der Waals surface area contributed by atoms with E-state index >= 15 is 0 Å². The maximum atomic E-state index is 11.8. The Morgan fingerprint density at radius 1 is 0.744 bits per heavy atom. The van der Waals surface area contributed by atoms with Crippen molar-refractivity contribution in [3.8, 4) is 39.9 Å². The van der Waals surface area contributed by atoms with Crippen LogP contribution in [-0.2, 0) is 11.2 Å². The van der Waals surface area contributed by atoms with Crippen molar-refractivity contribution in [1.82, 2.24) is 15.0 Å². The predicted molar refractivity (Wildman–Crippen MR) is 173 cm³/mol. The minimum Gasteiger partial charge on any atom is -0.494 e. The topological polar surface area (TPSA) is 111 Å². The highest BCUT2D eigenvalue weighted by Crippen LogP contribution is 2.32. The Morgan fingerprint density at radius 2 is 1.26 bits per heavy atom. The molecule has 0 radical (unpaired) electrons. The predicted octanol–water partition coefficient (Wildman–Crippen LogP) is 7.80. The number of aryl methyl sites for hydroxylation is 4. The van der Waals surface area contributed by atoms with Crippen LogP contribution < -0.4 is 10.5 Å². The number of rotatable bonds is 14. The fourth-order valence-corrected chi connectivity index (χ4v) is 5.31. The van der Waals surface area contributed by atoms with Gasteiger partial charge in [-0.05, 0) is 75.4 Å². The van der Waals surface area contributed by atoms with Crippen LogP contribution in [0.1, 0.15) is 73.3 Å². The van der Waals surface area contributed by atoms with Gasteiger partial charge >= 0.3 is 5.97 Å². The summed E-state index contributed by atoms with van der Waals surface area (Å²) in [5, 5.41) is 9.63. The van der Waals surface area contributed by atoms with Gasteiger partial charge in [0.05, 0.1) is 6.61 Å². The molecule has 0 unspecified atom stereocenters. The molecule has 7 heteroatoms. The van der Waals surface area contributed by atoms with Crippen molar-refractivity contribution in [1.29, 1.82) is 0 Å². The van der Waals surface area contributed by atoms with E-state index in [9.17, 15) is 9.90 Å². The van der Waals surface area contributed by atoms with Crippen LogP contribution in [0.5, 0.6) is 5.75 Å². The molecular formula is C36H44N4O3. The van der Waals surface area contributed by atoms with Crippen molar-refractivity contribution in [2.75, 3.05) is 6.61 Å². The van der Waals surface area contributed by atoms with E-state index in [1.165, 1.54) is 25.7 Å². The smallest absolute Gasteiger partial charge is 0.320 e. The number of aliphatic carboxylic acids is 1. The molecule has 0 bridgehead atoms. The van der Waals surface area contributed by atoms with Crippen LogP contribution in [0.2, 0.25) is 0 Å². The first-order valence-corrected chi connectivity index (χ1v) is 15.3. The summed E-state index contributed by atoms with van der Waals surface area (Å²) >= 11 is 0. The van der Waals surface area contributed by atoms with E-state index in [0.29, 0.717) is 35.4 Å². The first-order chi connectivity index (χ1) is 20.7. The molecular weight excluding hydrogens is 536 g/mol. The molecule has 4 aromatic rings. The molecule has 0 saturated heterocycles. The van der Waals surface area contributed by atoms with Gasteiger partial charge in [0.2, 0.25) is 0 Å². The van der Waals surface area contributed by atoms with Crippen LogP contribution in [0, 0.1) is 27.7 Å². The highest BCUT2D eigenvalue weighted by Gasteiger charge is 2.20. The number of ether oxygens (including phenoxy) is 1. The van der Waals surface area contributed by atoms with Crippen molar-refractivity contribution in [2.24, 2.45) is 5.73 Å². The molecule has 226 valence electrons. The molecule has 0 spiro atoms. The Labute approximate surface area is 255 Å². The van der Waals surface area contributed by atoms with Crippen LogP contribution >= 0.6 is 0 Å². The fraction of sp³-hybridized carbons (Fsp3) is 0.389. The molecule has 0 aliphatic heterocycles. The Morgan fingerprint density at radius 3 is 1.79 bits per heavy atom. The molecule has 0 amide bonds. The van der Waals surface area contributed by atoms with Crippen LogP contribution in [0.3, 0.4) is 0 Å². The first kappa shape index (κ1) is 31.8. The number of hydrogen-bond donors (Lipinski definition) is 2. The molecule has 0 aliphatic rings. The van der Waals surface area contributed by atoms with Gasteiger partial charge in [-0.1, -0.05) is 86.6 Å². The molecule has 1 heterocycles. The lowest BCUT2D eigenvalue weighted by Crippen LogP contribution is -2.32. The maximum Gasteiger partial charge on any atom is 0.320 e. The lowest BCUT2D eigenvalue weighted by Gasteiger charge is -2.16. The van der Waals surface area contributed by atoms with Gasteiger partial charge in [-0.2, -0.15) is 0 Å². The van der Waals surface area contributed by atoms with E-state index in [1.54, 1.807) is 0 Å². The lowest BCUT2D eigenvalue weighted by atomic mass is 9.99. The zero-order chi connectivity index (χ0) is 30.9. The Balaban J connectivity index is 1.77. The Kier molecular flexibility index (Phi) is 11.0. The second-order valence-corrected chi connectivity index (χ2v) is 11.5. The zero-order valence-corrected chi connectivity index (χ0v) is 26.1. The Hall–Kier alpha value is -4.10. The van der Waals surface area contributed by atoms with Gasteiger partial charge in [0.25, 0.3) is 0 Å². The average molecular weight is 581 g/mol. The van der Waals surface area contributed by atoms with Crippen molar-refractivity contribution in [2.45, 2.75) is 85.6 Å². The van der Waals surface area contributed by atoms with Gasteiger partial charge in [0.15, 0.2) is 17.5 Å². The van der Waals surface area contributed by atoms with Gasteiger partial charge in [-0.25, -0.2) is 15.0 Å². The van der Waals surface area contributed by atoms with E-state index in [0.717, 1.165) is 51.8 Å². The second kappa shape index (κ2) is 14.9. The average Bonchev–Trinajstić information content (AvgIpc) is 2.96. The van der Waals surface area contributed by atoms with Crippen LogP contribution in [0.4, 0.5) is 0 Å².